The molecule has 0 aliphatic heterocycles. The van der Waals surface area contributed by atoms with Gasteiger partial charge in [-0.05, 0) is 0 Å². The van der Waals surface area contributed by atoms with Crippen LogP contribution in [0.15, 0.2) is 0 Å². The summed E-state index contributed by atoms with van der Waals surface area (Å²) in [7, 11) is 0. The maximum absolute atomic E-state index is 10.4. The number of alkyl halides is 1. The van der Waals surface area contributed by atoms with Crippen molar-refractivity contribution in [2.24, 2.45) is 5.73 Å². The summed E-state index contributed by atoms with van der Waals surface area (Å²) in [5.41, 5.74) is 5.06. The lowest BCUT2D eigenvalue weighted by Crippen LogP contribution is -2.13. The summed E-state index contributed by atoms with van der Waals surface area (Å²) in [6.45, 7) is 0.656. The van der Waals surface area contributed by atoms with Gasteiger partial charge in [0.2, 0.25) is 0 Å². The quantitative estimate of drug-likeness (QED) is 0.459. The van der Waals surface area contributed by atoms with Crippen LogP contribution in [0.2, 0.25) is 0 Å². The first kappa shape index (κ1) is 8.72. The minimum Gasteiger partial charge on any atom is -0.464 e. The Bertz CT molecular complexity index is 87.0. The summed E-state index contributed by atoms with van der Waals surface area (Å²) in [4.78, 5) is 10.4. The van der Waals surface area contributed by atoms with E-state index in [0.29, 0.717) is 12.4 Å². The Morgan fingerprint density at radius 3 is 2.78 bits per heavy atom. The zero-order valence-electron chi connectivity index (χ0n) is 5.10. The van der Waals surface area contributed by atoms with Gasteiger partial charge in [-0.3, -0.25) is 4.79 Å². The van der Waals surface area contributed by atoms with E-state index in [1.54, 1.807) is 0 Å². The number of halogens is 1. The van der Waals surface area contributed by atoms with E-state index >= 15 is 0 Å². The molecule has 0 heterocycles. The summed E-state index contributed by atoms with van der Waals surface area (Å²) in [6.07, 6.45) is 0.265. The van der Waals surface area contributed by atoms with Crippen LogP contribution in [-0.4, -0.2) is 25.0 Å². The predicted octanol–water partition coefficient (Wildman–Crippen LogP) is 0.117. The smallest absolute Gasteiger partial charge is 0.307 e. The fraction of sp³-hybridized carbons (Fsp3) is 0.800. The van der Waals surface area contributed by atoms with E-state index < -0.39 is 0 Å². The lowest BCUT2D eigenvalue weighted by molar-refractivity contribution is -0.142. The third-order valence-electron chi connectivity index (χ3n) is 0.680. The Labute approximate surface area is 59.1 Å². The van der Waals surface area contributed by atoms with Gasteiger partial charge in [-0.25, -0.2) is 0 Å². The van der Waals surface area contributed by atoms with E-state index in [-0.39, 0.29) is 19.0 Å². The lowest BCUT2D eigenvalue weighted by Gasteiger charge is -1.98. The number of carbonyl (C=O) groups is 1. The number of esters is 1. The van der Waals surface area contributed by atoms with Crippen molar-refractivity contribution in [1.82, 2.24) is 0 Å². The van der Waals surface area contributed by atoms with Gasteiger partial charge in [0, 0.05) is 12.4 Å². The predicted molar refractivity (Wildman–Crippen MR) is 35.4 cm³/mol. The Kier molecular flexibility index (Phi) is 5.67. The summed E-state index contributed by atoms with van der Waals surface area (Å²) in [6, 6.07) is 0. The van der Waals surface area contributed by atoms with Crippen molar-refractivity contribution >= 4 is 17.6 Å². The third kappa shape index (κ3) is 5.59. The van der Waals surface area contributed by atoms with Crippen LogP contribution in [0.25, 0.3) is 0 Å². The Morgan fingerprint density at radius 1 is 1.67 bits per heavy atom. The Hall–Kier alpha value is -0.280. The number of carbonyl (C=O) groups excluding carboxylic acids is 1. The molecule has 9 heavy (non-hydrogen) atoms. The third-order valence-corrected chi connectivity index (χ3v) is 0.868. The largest absolute Gasteiger partial charge is 0.464 e. The van der Waals surface area contributed by atoms with Gasteiger partial charge in [0.25, 0.3) is 0 Å². The Morgan fingerprint density at radius 2 is 2.33 bits per heavy atom. The number of hydrogen-bond donors (Lipinski definition) is 1. The average Bonchev–Trinajstić information content (AvgIpc) is 1.85. The summed E-state index contributed by atoms with van der Waals surface area (Å²) in [5, 5.41) is 0. The van der Waals surface area contributed by atoms with Crippen LogP contribution in [0.1, 0.15) is 6.42 Å². The van der Waals surface area contributed by atoms with Crippen LogP contribution >= 0.6 is 11.6 Å². The number of ether oxygens (including phenoxy) is 1. The van der Waals surface area contributed by atoms with Crippen LogP contribution in [0.3, 0.4) is 0 Å². The molecule has 0 fully saturated rings. The molecule has 0 atom stereocenters. The maximum Gasteiger partial charge on any atom is 0.307 e. The highest BCUT2D eigenvalue weighted by Gasteiger charge is 1.97. The number of hydrogen-bond acceptors (Lipinski definition) is 3. The van der Waals surface area contributed by atoms with Gasteiger partial charge >= 0.3 is 5.97 Å². The maximum atomic E-state index is 10.4. The molecule has 0 unspecified atom stereocenters. The number of rotatable bonds is 4. The zero-order valence-corrected chi connectivity index (χ0v) is 5.86. The summed E-state index contributed by atoms with van der Waals surface area (Å²) >= 11 is 5.24. The second-order valence-electron chi connectivity index (χ2n) is 1.45. The molecular weight excluding hydrogens is 142 g/mol. The average molecular weight is 152 g/mol. The van der Waals surface area contributed by atoms with Crippen LogP contribution < -0.4 is 5.73 Å². The molecule has 0 aromatic heterocycles. The normalized spacial score (nSPS) is 9.11. The van der Waals surface area contributed by atoms with Gasteiger partial charge in [-0.1, -0.05) is 0 Å². The second kappa shape index (κ2) is 5.85. The summed E-state index contributed by atoms with van der Waals surface area (Å²) < 4.78 is 4.58. The zero-order chi connectivity index (χ0) is 7.11. The molecule has 0 bridgehead atoms. The van der Waals surface area contributed by atoms with E-state index in [1.165, 1.54) is 0 Å². The molecule has 0 spiro atoms. The highest BCUT2D eigenvalue weighted by molar-refractivity contribution is 6.18. The van der Waals surface area contributed by atoms with Gasteiger partial charge in [0.15, 0.2) is 0 Å². The second-order valence-corrected chi connectivity index (χ2v) is 1.83. The molecule has 0 saturated heterocycles. The fourth-order valence-electron chi connectivity index (χ4n) is 0.322. The van der Waals surface area contributed by atoms with Gasteiger partial charge in [-0.15, -0.1) is 11.6 Å². The van der Waals surface area contributed by atoms with Crippen molar-refractivity contribution in [3.8, 4) is 0 Å². The molecule has 54 valence electrons. The number of nitrogens with two attached hydrogens (primary N) is 1. The van der Waals surface area contributed by atoms with E-state index in [4.69, 9.17) is 17.3 Å². The van der Waals surface area contributed by atoms with E-state index in [9.17, 15) is 4.79 Å². The minimum atomic E-state index is -0.282. The molecule has 0 amide bonds. The molecular formula is C5H10ClNO2. The molecule has 0 radical (unpaired) electrons. The van der Waals surface area contributed by atoms with Crippen molar-refractivity contribution in [3.05, 3.63) is 0 Å². The standard InChI is InChI=1S/C5H10ClNO2/c6-2-1-5(8)9-4-3-7/h1-4,7H2. The molecule has 3 nitrogen and oxygen atoms in total. The van der Waals surface area contributed by atoms with E-state index in [1.807, 2.05) is 0 Å². The van der Waals surface area contributed by atoms with Crippen molar-refractivity contribution < 1.29 is 9.53 Å². The van der Waals surface area contributed by atoms with Crippen molar-refractivity contribution in [2.45, 2.75) is 6.42 Å². The Balaban J connectivity index is 3.06. The van der Waals surface area contributed by atoms with Crippen LogP contribution in [0.5, 0.6) is 0 Å². The first-order valence-electron chi connectivity index (χ1n) is 2.73. The monoisotopic (exact) mass is 151 g/mol. The molecule has 0 aliphatic rings. The molecule has 4 heteroatoms. The van der Waals surface area contributed by atoms with E-state index in [0.717, 1.165) is 0 Å². The van der Waals surface area contributed by atoms with Crippen LogP contribution in [0.4, 0.5) is 0 Å². The highest BCUT2D eigenvalue weighted by Crippen LogP contribution is 1.87. The van der Waals surface area contributed by atoms with Gasteiger partial charge in [0.05, 0.1) is 6.42 Å². The first-order valence-corrected chi connectivity index (χ1v) is 3.26. The molecule has 0 rings (SSSR count). The van der Waals surface area contributed by atoms with Gasteiger partial charge in [-0.2, -0.15) is 0 Å². The van der Waals surface area contributed by atoms with Crippen LogP contribution in [-0.2, 0) is 9.53 Å². The molecule has 0 aromatic carbocycles. The topological polar surface area (TPSA) is 52.3 Å². The van der Waals surface area contributed by atoms with Crippen molar-refractivity contribution in [1.29, 1.82) is 0 Å². The first-order chi connectivity index (χ1) is 4.31. The minimum absolute atomic E-state index is 0.265. The molecule has 0 aliphatic carbocycles. The van der Waals surface area contributed by atoms with Crippen molar-refractivity contribution in [2.75, 3.05) is 19.0 Å². The molecule has 0 saturated carbocycles. The molecule has 2 N–H and O–H groups in total. The highest BCUT2D eigenvalue weighted by atomic mass is 35.5. The van der Waals surface area contributed by atoms with Crippen LogP contribution in [0, 0.1) is 0 Å². The van der Waals surface area contributed by atoms with Gasteiger partial charge in [0.1, 0.15) is 6.61 Å². The summed E-state index contributed by atoms with van der Waals surface area (Å²) in [5.74, 6) is 0.0269. The van der Waals surface area contributed by atoms with Gasteiger partial charge < -0.3 is 10.5 Å². The molecule has 0 aromatic rings. The SMILES string of the molecule is NCCOC(=O)CCCl. The fourth-order valence-corrected chi connectivity index (χ4v) is 0.476. The van der Waals surface area contributed by atoms with E-state index in [2.05, 4.69) is 4.74 Å². The van der Waals surface area contributed by atoms with Crippen molar-refractivity contribution in [3.63, 3.8) is 0 Å². The lowest BCUT2D eigenvalue weighted by atomic mass is 10.5.